The van der Waals surface area contributed by atoms with Gasteiger partial charge in [0.05, 0.1) is 6.54 Å². The average molecular weight is 425 g/mol. The van der Waals surface area contributed by atoms with Crippen molar-refractivity contribution in [1.82, 2.24) is 9.80 Å². The van der Waals surface area contributed by atoms with Crippen LogP contribution >= 0.6 is 0 Å². The Bertz CT molecular complexity index is 897. The van der Waals surface area contributed by atoms with E-state index in [1.807, 2.05) is 48.5 Å². The Kier molecular flexibility index (Phi) is 6.25. The molecule has 2 amide bonds. The number of likely N-dealkylation sites (tertiary alicyclic amines) is 1. The summed E-state index contributed by atoms with van der Waals surface area (Å²) in [6, 6.07) is 19.6. The minimum atomic E-state index is -1.48. The van der Waals surface area contributed by atoms with Gasteiger partial charge in [-0.2, -0.15) is 0 Å². The molecular formula is C25H29FN2O3. The molecule has 6 heteroatoms. The number of amides is 2. The van der Waals surface area contributed by atoms with E-state index in [1.54, 1.807) is 9.80 Å². The zero-order chi connectivity index (χ0) is 21.8. The summed E-state index contributed by atoms with van der Waals surface area (Å²) >= 11 is 0. The lowest BCUT2D eigenvalue weighted by Crippen LogP contribution is -2.51. The van der Waals surface area contributed by atoms with Crippen molar-refractivity contribution in [3.8, 4) is 0 Å². The second kappa shape index (κ2) is 9.08. The van der Waals surface area contributed by atoms with Crippen LogP contribution in [0.4, 0.5) is 9.18 Å². The van der Waals surface area contributed by atoms with Gasteiger partial charge in [0.1, 0.15) is 12.3 Å². The Morgan fingerprint density at radius 3 is 2.29 bits per heavy atom. The predicted molar refractivity (Wildman–Crippen MR) is 116 cm³/mol. The van der Waals surface area contributed by atoms with Gasteiger partial charge in [-0.25, -0.2) is 9.18 Å². The zero-order valence-electron chi connectivity index (χ0n) is 17.9. The second-order valence-corrected chi connectivity index (χ2v) is 8.65. The highest BCUT2D eigenvalue weighted by molar-refractivity contribution is 5.74. The molecule has 1 heterocycles. The number of rotatable bonds is 6. The lowest BCUT2D eigenvalue weighted by Gasteiger charge is -2.38. The molecule has 2 atom stereocenters. The first-order valence-corrected chi connectivity index (χ1v) is 10.9. The molecule has 0 radical (unpaired) electrons. The van der Waals surface area contributed by atoms with Gasteiger partial charge in [0.15, 0.2) is 0 Å². The molecule has 2 aromatic carbocycles. The van der Waals surface area contributed by atoms with Crippen molar-refractivity contribution in [2.24, 2.45) is 0 Å². The molecular weight excluding hydrogens is 395 g/mol. The van der Waals surface area contributed by atoms with Gasteiger partial charge in [0, 0.05) is 44.8 Å². The number of ether oxygens (including phenoxy) is 1. The molecule has 4 rings (SSSR count). The largest absolute Gasteiger partial charge is 0.445 e. The summed E-state index contributed by atoms with van der Waals surface area (Å²) in [5, 5.41) is 0. The molecule has 31 heavy (non-hydrogen) atoms. The number of nitrogens with zero attached hydrogens (tertiary/aromatic N) is 2. The number of benzene rings is 2. The average Bonchev–Trinajstić information content (AvgIpc) is 3.58. The molecule has 5 nitrogen and oxygen atoms in total. The van der Waals surface area contributed by atoms with Crippen LogP contribution < -0.4 is 0 Å². The van der Waals surface area contributed by atoms with Gasteiger partial charge in [-0.1, -0.05) is 60.7 Å². The van der Waals surface area contributed by atoms with Crippen molar-refractivity contribution in [2.45, 2.75) is 50.4 Å². The fourth-order valence-corrected chi connectivity index (χ4v) is 4.41. The summed E-state index contributed by atoms with van der Waals surface area (Å²) in [6.07, 6.45) is 0.873. The van der Waals surface area contributed by atoms with E-state index in [-0.39, 0.29) is 43.9 Å². The second-order valence-electron chi connectivity index (χ2n) is 8.65. The first kappa shape index (κ1) is 21.3. The third kappa shape index (κ3) is 5.24. The van der Waals surface area contributed by atoms with Gasteiger partial charge in [0.2, 0.25) is 5.91 Å². The van der Waals surface area contributed by atoms with Gasteiger partial charge < -0.3 is 14.5 Å². The molecule has 2 aromatic rings. The standard InChI is InChI=1S/C25H29FN2O3/c1-19(29)28(23-16-22(23)21-10-6-3-7-11-21)18-25(26)12-14-27(15-13-25)24(30)31-17-20-8-4-2-5-9-20/h2-11,22-23H,12-18H2,1H3. The molecule has 1 saturated carbocycles. The molecule has 2 unspecified atom stereocenters. The topological polar surface area (TPSA) is 49.9 Å². The van der Waals surface area contributed by atoms with E-state index in [9.17, 15) is 9.59 Å². The SMILES string of the molecule is CC(=O)N(CC1(F)CCN(C(=O)OCc2ccccc2)CC1)C1CC1c1ccccc1. The number of halogens is 1. The smallest absolute Gasteiger partial charge is 0.410 e. The maximum absolute atomic E-state index is 15.6. The molecule has 1 saturated heterocycles. The number of hydrogen-bond acceptors (Lipinski definition) is 3. The van der Waals surface area contributed by atoms with Crippen molar-refractivity contribution >= 4 is 12.0 Å². The molecule has 2 fully saturated rings. The molecule has 0 bridgehead atoms. The molecule has 0 spiro atoms. The van der Waals surface area contributed by atoms with Crippen LogP contribution in [0.5, 0.6) is 0 Å². The normalized spacial score (nSPS) is 21.9. The van der Waals surface area contributed by atoms with Gasteiger partial charge in [-0.05, 0) is 17.5 Å². The highest BCUT2D eigenvalue weighted by atomic mass is 19.1. The monoisotopic (exact) mass is 424 g/mol. The number of piperidine rings is 1. The molecule has 164 valence electrons. The minimum absolute atomic E-state index is 0.0568. The Hall–Kier alpha value is -2.89. The molecule has 0 N–H and O–H groups in total. The van der Waals surface area contributed by atoms with Gasteiger partial charge in [-0.15, -0.1) is 0 Å². The maximum Gasteiger partial charge on any atom is 0.410 e. The highest BCUT2D eigenvalue weighted by Crippen LogP contribution is 2.45. The first-order valence-electron chi connectivity index (χ1n) is 10.9. The quantitative estimate of drug-likeness (QED) is 0.685. The summed E-state index contributed by atoms with van der Waals surface area (Å²) < 4.78 is 21.0. The lowest BCUT2D eigenvalue weighted by molar-refractivity contribution is -0.132. The summed E-state index contributed by atoms with van der Waals surface area (Å²) in [5.74, 6) is 0.187. The first-order chi connectivity index (χ1) is 15.0. The van der Waals surface area contributed by atoms with Crippen molar-refractivity contribution in [3.63, 3.8) is 0 Å². The lowest BCUT2D eigenvalue weighted by atomic mass is 9.92. The Morgan fingerprint density at radius 2 is 1.68 bits per heavy atom. The fraction of sp³-hybridized carbons (Fsp3) is 0.440. The van der Waals surface area contributed by atoms with E-state index in [2.05, 4.69) is 12.1 Å². The predicted octanol–water partition coefficient (Wildman–Crippen LogP) is 4.53. The highest BCUT2D eigenvalue weighted by Gasteiger charge is 2.47. The molecule has 1 aliphatic heterocycles. The summed E-state index contributed by atoms with van der Waals surface area (Å²) in [6.45, 7) is 2.39. The Balaban J connectivity index is 1.29. The Labute approximate surface area is 182 Å². The number of carbonyl (C=O) groups is 2. The summed E-state index contributed by atoms with van der Waals surface area (Å²) in [7, 11) is 0. The maximum atomic E-state index is 15.6. The molecule has 2 aliphatic rings. The van der Waals surface area contributed by atoms with Crippen molar-refractivity contribution in [2.75, 3.05) is 19.6 Å². The number of hydrogen-bond donors (Lipinski definition) is 0. The van der Waals surface area contributed by atoms with Crippen LogP contribution in [-0.4, -0.2) is 53.1 Å². The van der Waals surface area contributed by atoms with Crippen LogP contribution in [0.2, 0.25) is 0 Å². The number of alkyl halides is 1. The van der Waals surface area contributed by atoms with Crippen molar-refractivity contribution in [3.05, 3.63) is 71.8 Å². The molecule has 0 aromatic heterocycles. The zero-order valence-corrected chi connectivity index (χ0v) is 17.9. The third-order valence-electron chi connectivity index (χ3n) is 6.37. The van der Waals surface area contributed by atoms with E-state index in [4.69, 9.17) is 4.74 Å². The Morgan fingerprint density at radius 1 is 1.06 bits per heavy atom. The van der Waals surface area contributed by atoms with Crippen LogP contribution in [0.1, 0.15) is 43.2 Å². The van der Waals surface area contributed by atoms with Crippen LogP contribution in [0, 0.1) is 0 Å². The van der Waals surface area contributed by atoms with Crippen molar-refractivity contribution < 1.29 is 18.7 Å². The molecule has 1 aliphatic carbocycles. The van der Waals surface area contributed by atoms with Crippen LogP contribution in [0.3, 0.4) is 0 Å². The van der Waals surface area contributed by atoms with E-state index >= 15 is 4.39 Å². The fourth-order valence-electron chi connectivity index (χ4n) is 4.41. The van der Waals surface area contributed by atoms with Crippen molar-refractivity contribution in [1.29, 1.82) is 0 Å². The van der Waals surface area contributed by atoms with Gasteiger partial charge in [0.25, 0.3) is 0 Å². The van der Waals surface area contributed by atoms with Crippen LogP contribution in [0.25, 0.3) is 0 Å². The van der Waals surface area contributed by atoms with E-state index in [0.717, 1.165) is 12.0 Å². The summed E-state index contributed by atoms with van der Waals surface area (Å²) in [4.78, 5) is 27.9. The van der Waals surface area contributed by atoms with E-state index in [1.165, 1.54) is 12.5 Å². The van der Waals surface area contributed by atoms with Gasteiger partial charge in [-0.3, -0.25) is 4.79 Å². The minimum Gasteiger partial charge on any atom is -0.445 e. The van der Waals surface area contributed by atoms with E-state index < -0.39 is 11.8 Å². The van der Waals surface area contributed by atoms with Crippen LogP contribution in [-0.2, 0) is 16.1 Å². The third-order valence-corrected chi connectivity index (χ3v) is 6.37. The summed E-state index contributed by atoms with van der Waals surface area (Å²) in [5.41, 5.74) is 0.635. The number of carbonyl (C=O) groups excluding carboxylic acids is 2. The van der Waals surface area contributed by atoms with Crippen LogP contribution in [0.15, 0.2) is 60.7 Å². The van der Waals surface area contributed by atoms with Gasteiger partial charge >= 0.3 is 6.09 Å². The van der Waals surface area contributed by atoms with E-state index in [0.29, 0.717) is 13.1 Å².